The zero-order chi connectivity index (χ0) is 15.9. The summed E-state index contributed by atoms with van der Waals surface area (Å²) in [6.45, 7) is 6.22. The van der Waals surface area contributed by atoms with E-state index in [1.54, 1.807) is 17.9 Å². The molecule has 2 atom stereocenters. The first kappa shape index (κ1) is 14.9. The van der Waals surface area contributed by atoms with Crippen molar-refractivity contribution in [2.45, 2.75) is 51.7 Å². The lowest BCUT2D eigenvalue weighted by Gasteiger charge is -2.41. The second-order valence-electron chi connectivity index (χ2n) is 6.43. The van der Waals surface area contributed by atoms with Crippen LogP contribution in [0, 0.1) is 6.92 Å². The van der Waals surface area contributed by atoms with Crippen LogP contribution in [0.4, 0.5) is 5.69 Å². The van der Waals surface area contributed by atoms with Crippen molar-refractivity contribution in [2.75, 3.05) is 11.9 Å². The molecule has 1 aromatic rings. The van der Waals surface area contributed by atoms with Crippen LogP contribution in [0.15, 0.2) is 18.2 Å². The molecule has 118 valence electrons. The number of ether oxygens (including phenoxy) is 1. The summed E-state index contributed by atoms with van der Waals surface area (Å²) in [5.41, 5.74) is 0.164. The Labute approximate surface area is 130 Å². The van der Waals surface area contributed by atoms with Crippen LogP contribution in [0.25, 0.3) is 0 Å². The summed E-state index contributed by atoms with van der Waals surface area (Å²) in [6.07, 6.45) is 3.07. The number of benzene rings is 1. The molecule has 0 aromatic heterocycles. The predicted molar refractivity (Wildman–Crippen MR) is 83.9 cm³/mol. The number of hydrogen-bond donors (Lipinski definition) is 1. The number of nitrogens with zero attached hydrogens (tertiary/aromatic N) is 1. The Morgan fingerprint density at radius 2 is 2.18 bits per heavy atom. The first-order valence-electron chi connectivity index (χ1n) is 7.84. The fraction of sp³-hybridized carbons (Fsp3) is 0.529. The van der Waals surface area contributed by atoms with E-state index in [2.05, 4.69) is 5.32 Å². The maximum Gasteiger partial charge on any atom is 0.278 e. The molecule has 1 aromatic carbocycles. The molecule has 1 fully saturated rings. The molecule has 5 heteroatoms. The van der Waals surface area contributed by atoms with Gasteiger partial charge in [0.25, 0.3) is 17.4 Å². The number of carbonyl (C=O) groups excluding carboxylic acids is 2. The molecule has 0 spiro atoms. The van der Waals surface area contributed by atoms with Crippen molar-refractivity contribution in [1.29, 1.82) is 0 Å². The molecular formula is C17H22N2O3. The summed E-state index contributed by atoms with van der Waals surface area (Å²) < 4.78 is 5.85. The normalized spacial score (nSPS) is 27.7. The summed E-state index contributed by atoms with van der Waals surface area (Å²) in [4.78, 5) is 27.2. The molecule has 5 nitrogen and oxygen atoms in total. The molecular weight excluding hydrogens is 280 g/mol. The fourth-order valence-electron chi connectivity index (χ4n) is 3.15. The van der Waals surface area contributed by atoms with Gasteiger partial charge < -0.3 is 15.0 Å². The number of piperidine rings is 1. The van der Waals surface area contributed by atoms with Crippen molar-refractivity contribution in [3.63, 3.8) is 0 Å². The van der Waals surface area contributed by atoms with Crippen LogP contribution >= 0.6 is 0 Å². The second-order valence-corrected chi connectivity index (χ2v) is 6.43. The number of fused-ring (bicyclic) bond motifs is 1. The van der Waals surface area contributed by atoms with Crippen molar-refractivity contribution < 1.29 is 14.3 Å². The maximum atomic E-state index is 12.9. The van der Waals surface area contributed by atoms with E-state index >= 15 is 0 Å². The average molecular weight is 302 g/mol. The predicted octanol–water partition coefficient (Wildman–Crippen LogP) is 2.49. The van der Waals surface area contributed by atoms with Gasteiger partial charge in [-0.15, -0.1) is 0 Å². The number of rotatable bonds is 1. The minimum absolute atomic E-state index is 0.147. The summed E-state index contributed by atoms with van der Waals surface area (Å²) >= 11 is 0. The molecule has 3 rings (SSSR count). The van der Waals surface area contributed by atoms with Crippen LogP contribution in [0.2, 0.25) is 0 Å². The molecule has 2 unspecified atom stereocenters. The van der Waals surface area contributed by atoms with Crippen molar-refractivity contribution in [3.05, 3.63) is 23.8 Å². The van der Waals surface area contributed by atoms with Crippen molar-refractivity contribution in [1.82, 2.24) is 4.90 Å². The number of aryl methyl sites for hydroxylation is 1. The van der Waals surface area contributed by atoms with Gasteiger partial charge in [-0.25, -0.2) is 0 Å². The number of likely N-dealkylation sites (tertiary alicyclic amines) is 1. The molecule has 0 aliphatic carbocycles. The lowest BCUT2D eigenvalue weighted by atomic mass is 9.96. The van der Waals surface area contributed by atoms with Gasteiger partial charge in [0, 0.05) is 12.6 Å². The van der Waals surface area contributed by atoms with Gasteiger partial charge >= 0.3 is 0 Å². The van der Waals surface area contributed by atoms with E-state index in [9.17, 15) is 9.59 Å². The molecule has 2 amide bonds. The van der Waals surface area contributed by atoms with Gasteiger partial charge in [0.15, 0.2) is 0 Å². The van der Waals surface area contributed by atoms with Gasteiger partial charge in [0.2, 0.25) is 0 Å². The number of nitrogens with one attached hydrogen (secondary N) is 1. The third-order valence-electron chi connectivity index (χ3n) is 4.60. The van der Waals surface area contributed by atoms with E-state index in [4.69, 9.17) is 4.74 Å². The zero-order valence-corrected chi connectivity index (χ0v) is 13.3. The Hall–Kier alpha value is -2.04. The largest absolute Gasteiger partial charge is 0.466 e. The highest BCUT2D eigenvalue weighted by molar-refractivity contribution is 6.15. The van der Waals surface area contributed by atoms with E-state index in [0.29, 0.717) is 18.0 Å². The summed E-state index contributed by atoms with van der Waals surface area (Å²) in [5.74, 6) is -0.0949. The maximum absolute atomic E-state index is 12.9. The minimum Gasteiger partial charge on any atom is -0.466 e. The first-order valence-corrected chi connectivity index (χ1v) is 7.84. The fourth-order valence-corrected chi connectivity index (χ4v) is 3.15. The van der Waals surface area contributed by atoms with E-state index in [1.165, 1.54) is 0 Å². The Balaban J connectivity index is 1.90. The Bertz CT molecular complexity index is 628. The molecule has 0 radical (unpaired) electrons. The number of hydrogen-bond acceptors (Lipinski definition) is 3. The van der Waals surface area contributed by atoms with Crippen molar-refractivity contribution in [2.24, 2.45) is 0 Å². The molecule has 1 saturated heterocycles. The highest BCUT2D eigenvalue weighted by atomic mass is 16.5. The van der Waals surface area contributed by atoms with Gasteiger partial charge in [0.05, 0.1) is 5.69 Å². The van der Waals surface area contributed by atoms with E-state index in [-0.39, 0.29) is 11.9 Å². The molecule has 1 N–H and O–H groups in total. The summed E-state index contributed by atoms with van der Waals surface area (Å²) in [5, 5.41) is 2.81. The molecule has 22 heavy (non-hydrogen) atoms. The standard InChI is InChI=1S/C17H22N2O3/c1-11-7-8-14-13(10-11)18-15(20)17(3,22-14)16(21)19-9-5-4-6-12(19)2/h7-8,10,12H,4-6,9H2,1-3H3,(H,18,20). The lowest BCUT2D eigenvalue weighted by molar-refractivity contribution is -0.157. The number of amides is 2. The quantitative estimate of drug-likeness (QED) is 0.811. The Morgan fingerprint density at radius 1 is 1.41 bits per heavy atom. The van der Waals surface area contributed by atoms with E-state index in [1.807, 2.05) is 26.0 Å². The average Bonchev–Trinajstić information content (AvgIpc) is 2.49. The Morgan fingerprint density at radius 3 is 2.91 bits per heavy atom. The van der Waals surface area contributed by atoms with Crippen LogP contribution < -0.4 is 10.1 Å². The zero-order valence-electron chi connectivity index (χ0n) is 13.3. The van der Waals surface area contributed by atoms with Gasteiger partial charge in [-0.1, -0.05) is 6.07 Å². The molecule has 0 bridgehead atoms. The molecule has 2 aliphatic rings. The van der Waals surface area contributed by atoms with Gasteiger partial charge in [0.1, 0.15) is 5.75 Å². The van der Waals surface area contributed by atoms with Crippen LogP contribution in [-0.2, 0) is 9.59 Å². The number of anilines is 1. The Kier molecular flexibility index (Phi) is 3.59. The van der Waals surface area contributed by atoms with Crippen LogP contribution in [-0.4, -0.2) is 34.9 Å². The van der Waals surface area contributed by atoms with Gasteiger partial charge in [-0.2, -0.15) is 0 Å². The van der Waals surface area contributed by atoms with Gasteiger partial charge in [-0.3, -0.25) is 9.59 Å². The molecule has 2 aliphatic heterocycles. The van der Waals surface area contributed by atoms with Crippen LogP contribution in [0.3, 0.4) is 0 Å². The second kappa shape index (κ2) is 5.30. The van der Waals surface area contributed by atoms with Crippen LogP contribution in [0.5, 0.6) is 5.75 Å². The van der Waals surface area contributed by atoms with E-state index < -0.39 is 11.5 Å². The van der Waals surface area contributed by atoms with Crippen LogP contribution in [0.1, 0.15) is 38.7 Å². The monoisotopic (exact) mass is 302 g/mol. The SMILES string of the molecule is Cc1ccc2c(c1)NC(=O)C(C)(C(=O)N1CCCCC1C)O2. The third-order valence-corrected chi connectivity index (χ3v) is 4.60. The summed E-state index contributed by atoms with van der Waals surface area (Å²) in [7, 11) is 0. The van der Waals surface area contributed by atoms with Gasteiger partial charge in [-0.05, 0) is 57.7 Å². The third kappa shape index (κ3) is 2.34. The molecule has 0 saturated carbocycles. The topological polar surface area (TPSA) is 58.6 Å². The van der Waals surface area contributed by atoms with Crippen molar-refractivity contribution >= 4 is 17.5 Å². The minimum atomic E-state index is -1.49. The van der Waals surface area contributed by atoms with Crippen molar-refractivity contribution in [3.8, 4) is 5.75 Å². The molecule has 2 heterocycles. The summed E-state index contributed by atoms with van der Waals surface area (Å²) in [6, 6.07) is 5.70. The smallest absolute Gasteiger partial charge is 0.278 e. The first-order chi connectivity index (χ1) is 10.4. The highest BCUT2D eigenvalue weighted by Gasteiger charge is 2.50. The lowest BCUT2D eigenvalue weighted by Crippen LogP contribution is -2.61. The highest BCUT2D eigenvalue weighted by Crippen LogP contribution is 2.35. The van der Waals surface area contributed by atoms with E-state index in [0.717, 1.165) is 24.8 Å². The number of carbonyl (C=O) groups is 2.